The predicted molar refractivity (Wildman–Crippen MR) is 97.1 cm³/mol. The van der Waals surface area contributed by atoms with Crippen LogP contribution < -0.4 is 4.72 Å². The van der Waals surface area contributed by atoms with Gasteiger partial charge in [-0.05, 0) is 77.4 Å². The number of aliphatic carboxylic acids is 1. The average Bonchev–Trinajstić information content (AvgIpc) is 2.48. The first-order valence-corrected chi connectivity index (χ1v) is 9.44. The molecule has 0 bridgehead atoms. The average molecular weight is 445 g/mol. The van der Waals surface area contributed by atoms with Crippen LogP contribution in [-0.2, 0) is 21.2 Å². The van der Waals surface area contributed by atoms with Gasteiger partial charge in [0.2, 0.25) is 0 Å². The third-order valence-electron chi connectivity index (χ3n) is 3.29. The Morgan fingerprint density at radius 2 is 1.83 bits per heavy atom. The number of halogens is 1. The van der Waals surface area contributed by atoms with E-state index in [-0.39, 0.29) is 11.3 Å². The Morgan fingerprint density at radius 1 is 1.17 bits per heavy atom. The lowest BCUT2D eigenvalue weighted by atomic mass is 10.1. The van der Waals surface area contributed by atoms with Crippen molar-refractivity contribution in [1.82, 2.24) is 0 Å². The van der Waals surface area contributed by atoms with Gasteiger partial charge in [-0.1, -0.05) is 12.1 Å². The lowest BCUT2D eigenvalue weighted by molar-refractivity contribution is -0.136. The Labute approximate surface area is 148 Å². The highest BCUT2D eigenvalue weighted by Crippen LogP contribution is 2.22. The summed E-state index contributed by atoms with van der Waals surface area (Å²) in [5.74, 6) is -0.877. The number of aryl methyl sites for hydroxylation is 2. The van der Waals surface area contributed by atoms with E-state index in [0.29, 0.717) is 12.1 Å². The molecule has 0 radical (unpaired) electrons. The van der Waals surface area contributed by atoms with E-state index in [1.807, 2.05) is 19.1 Å². The monoisotopic (exact) mass is 445 g/mol. The summed E-state index contributed by atoms with van der Waals surface area (Å²) in [7, 11) is -3.67. The van der Waals surface area contributed by atoms with Crippen LogP contribution in [0.4, 0.5) is 5.69 Å². The van der Waals surface area contributed by atoms with Crippen LogP contribution in [0.2, 0.25) is 0 Å². The summed E-state index contributed by atoms with van der Waals surface area (Å²) in [6, 6.07) is 11.7. The van der Waals surface area contributed by atoms with E-state index in [4.69, 9.17) is 5.11 Å². The third-order valence-corrected chi connectivity index (χ3v) is 5.35. The number of rotatable bonds is 6. The lowest BCUT2D eigenvalue weighted by Gasteiger charge is -2.11. The zero-order valence-electron chi connectivity index (χ0n) is 12.4. The van der Waals surface area contributed by atoms with Gasteiger partial charge in [0, 0.05) is 9.99 Å². The standard InChI is InChI=1S/C16H16INO4S/c1-11-10-13(17)5-8-15(11)18-23(21,22)14-6-2-12(3-7-14)4-9-16(19)20/h2-3,5-8,10,18H,4,9H2,1H3,(H,19,20). The van der Waals surface area contributed by atoms with Crippen molar-refractivity contribution in [3.63, 3.8) is 0 Å². The van der Waals surface area contributed by atoms with Crippen LogP contribution in [-0.4, -0.2) is 19.5 Å². The summed E-state index contributed by atoms with van der Waals surface area (Å²) in [6.07, 6.45) is 0.394. The molecule has 0 atom stereocenters. The second kappa shape index (κ2) is 7.31. The Bertz CT molecular complexity index is 816. The number of carboxylic acid groups (broad SMARTS) is 1. The molecule has 2 rings (SSSR count). The Kier molecular flexibility index (Phi) is 5.64. The summed E-state index contributed by atoms with van der Waals surface area (Å²) in [5.41, 5.74) is 2.18. The summed E-state index contributed by atoms with van der Waals surface area (Å²) in [6.45, 7) is 1.84. The van der Waals surface area contributed by atoms with Gasteiger partial charge >= 0.3 is 5.97 Å². The fourth-order valence-corrected chi connectivity index (χ4v) is 3.81. The van der Waals surface area contributed by atoms with Gasteiger partial charge in [-0.25, -0.2) is 8.42 Å². The number of sulfonamides is 1. The Hall–Kier alpha value is -1.61. The van der Waals surface area contributed by atoms with E-state index in [1.54, 1.807) is 18.2 Å². The van der Waals surface area contributed by atoms with Crippen molar-refractivity contribution in [2.24, 2.45) is 0 Å². The molecule has 7 heteroatoms. The van der Waals surface area contributed by atoms with E-state index in [9.17, 15) is 13.2 Å². The van der Waals surface area contributed by atoms with Crippen LogP contribution in [0.1, 0.15) is 17.5 Å². The zero-order chi connectivity index (χ0) is 17.0. The molecule has 0 spiro atoms. The van der Waals surface area contributed by atoms with E-state index < -0.39 is 16.0 Å². The summed E-state index contributed by atoms with van der Waals surface area (Å²) in [5, 5.41) is 8.66. The molecule has 0 unspecified atom stereocenters. The number of anilines is 1. The van der Waals surface area contributed by atoms with Crippen LogP contribution in [0.3, 0.4) is 0 Å². The molecule has 2 N–H and O–H groups in total. The van der Waals surface area contributed by atoms with E-state index >= 15 is 0 Å². The van der Waals surface area contributed by atoms with Gasteiger partial charge in [-0.15, -0.1) is 0 Å². The highest BCUT2D eigenvalue weighted by Gasteiger charge is 2.15. The van der Waals surface area contributed by atoms with Crippen LogP contribution in [0.5, 0.6) is 0 Å². The first-order valence-electron chi connectivity index (χ1n) is 6.87. The van der Waals surface area contributed by atoms with Gasteiger partial charge in [0.1, 0.15) is 0 Å². The molecule has 0 saturated carbocycles. The molecule has 23 heavy (non-hydrogen) atoms. The van der Waals surface area contributed by atoms with Crippen LogP contribution in [0.25, 0.3) is 0 Å². The minimum absolute atomic E-state index is 0.0200. The van der Waals surface area contributed by atoms with Gasteiger partial charge in [0.05, 0.1) is 10.6 Å². The first kappa shape index (κ1) is 17.7. The number of carbonyl (C=O) groups is 1. The van der Waals surface area contributed by atoms with Crippen LogP contribution in [0, 0.1) is 10.5 Å². The maximum Gasteiger partial charge on any atom is 0.303 e. The smallest absolute Gasteiger partial charge is 0.303 e. The van der Waals surface area contributed by atoms with Gasteiger partial charge in [0.15, 0.2) is 0 Å². The number of benzene rings is 2. The second-order valence-electron chi connectivity index (χ2n) is 5.10. The summed E-state index contributed by atoms with van der Waals surface area (Å²) in [4.78, 5) is 10.7. The van der Waals surface area contributed by atoms with Crippen LogP contribution >= 0.6 is 22.6 Å². The van der Waals surface area contributed by atoms with Crippen molar-refractivity contribution in [3.8, 4) is 0 Å². The molecule has 2 aromatic rings. The number of hydrogen-bond acceptors (Lipinski definition) is 3. The lowest BCUT2D eigenvalue weighted by Crippen LogP contribution is -2.13. The fraction of sp³-hybridized carbons (Fsp3) is 0.188. The van der Waals surface area contributed by atoms with Gasteiger partial charge in [-0.2, -0.15) is 0 Å². The molecule has 2 aromatic carbocycles. The van der Waals surface area contributed by atoms with Crippen LogP contribution in [0.15, 0.2) is 47.4 Å². The Balaban J connectivity index is 2.17. The molecule has 122 valence electrons. The topological polar surface area (TPSA) is 83.5 Å². The molecular weight excluding hydrogens is 429 g/mol. The highest BCUT2D eigenvalue weighted by atomic mass is 127. The molecule has 0 aliphatic heterocycles. The molecule has 0 amide bonds. The molecule has 0 heterocycles. The Morgan fingerprint density at radius 3 is 2.39 bits per heavy atom. The molecule has 0 aliphatic carbocycles. The number of nitrogens with one attached hydrogen (secondary N) is 1. The molecule has 0 saturated heterocycles. The van der Waals surface area contributed by atoms with E-state index in [0.717, 1.165) is 14.7 Å². The fourth-order valence-electron chi connectivity index (χ4n) is 2.03. The SMILES string of the molecule is Cc1cc(I)ccc1NS(=O)(=O)c1ccc(CCC(=O)O)cc1. The highest BCUT2D eigenvalue weighted by molar-refractivity contribution is 14.1. The molecule has 5 nitrogen and oxygen atoms in total. The number of hydrogen-bond donors (Lipinski definition) is 2. The van der Waals surface area contributed by atoms with Gasteiger partial charge < -0.3 is 5.11 Å². The quantitative estimate of drug-likeness (QED) is 0.668. The zero-order valence-corrected chi connectivity index (χ0v) is 15.4. The third kappa shape index (κ3) is 4.93. The predicted octanol–water partition coefficient (Wildman–Crippen LogP) is 3.42. The minimum atomic E-state index is -3.67. The largest absolute Gasteiger partial charge is 0.481 e. The summed E-state index contributed by atoms with van der Waals surface area (Å²) < 4.78 is 28.4. The molecule has 0 aliphatic rings. The first-order chi connectivity index (χ1) is 10.8. The maximum absolute atomic E-state index is 12.4. The minimum Gasteiger partial charge on any atom is -0.481 e. The van der Waals surface area contributed by atoms with Crippen molar-refractivity contribution >= 4 is 44.3 Å². The molecule has 0 fully saturated rings. The second-order valence-corrected chi connectivity index (χ2v) is 8.03. The van der Waals surface area contributed by atoms with Crippen molar-refractivity contribution in [3.05, 3.63) is 57.2 Å². The molecule has 0 aromatic heterocycles. The number of carboxylic acids is 1. The normalized spacial score (nSPS) is 11.2. The van der Waals surface area contributed by atoms with E-state index in [2.05, 4.69) is 27.3 Å². The van der Waals surface area contributed by atoms with Crippen molar-refractivity contribution in [2.45, 2.75) is 24.7 Å². The van der Waals surface area contributed by atoms with E-state index in [1.165, 1.54) is 12.1 Å². The summed E-state index contributed by atoms with van der Waals surface area (Å²) >= 11 is 2.17. The van der Waals surface area contributed by atoms with Gasteiger partial charge in [0.25, 0.3) is 10.0 Å². The van der Waals surface area contributed by atoms with Gasteiger partial charge in [-0.3, -0.25) is 9.52 Å². The molecular formula is C16H16INO4S. The maximum atomic E-state index is 12.4. The van der Waals surface area contributed by atoms with Crippen molar-refractivity contribution < 1.29 is 18.3 Å². The van der Waals surface area contributed by atoms with Crippen molar-refractivity contribution in [1.29, 1.82) is 0 Å². The van der Waals surface area contributed by atoms with Crippen molar-refractivity contribution in [2.75, 3.05) is 4.72 Å².